The predicted molar refractivity (Wildman–Crippen MR) is 122 cm³/mol. The highest BCUT2D eigenvalue weighted by Gasteiger charge is 2.34. The largest absolute Gasteiger partial charge is 0.379 e. The standard InChI is InChI=1S/C27H25N3O/c1-20-8-6-7-11-24(20)25-16-23(13-12-22(25)17-28)27(31,26-18-29-19-30(26)2)15-14-21-9-4-3-5-10-21/h3-13,16,18-19,31H,14-15H2,1-2H3. The number of aromatic nitrogens is 2. The molecule has 0 radical (unpaired) electrons. The molecule has 4 heteroatoms. The maximum Gasteiger partial charge on any atom is 0.131 e. The van der Waals surface area contributed by atoms with E-state index in [9.17, 15) is 10.4 Å². The van der Waals surface area contributed by atoms with Crippen LogP contribution in [0.4, 0.5) is 0 Å². The molecule has 0 fully saturated rings. The van der Waals surface area contributed by atoms with Crippen molar-refractivity contribution >= 4 is 0 Å². The van der Waals surface area contributed by atoms with Gasteiger partial charge in [0.1, 0.15) is 5.60 Å². The quantitative estimate of drug-likeness (QED) is 0.482. The van der Waals surface area contributed by atoms with E-state index in [1.54, 1.807) is 18.6 Å². The average Bonchev–Trinajstić information content (AvgIpc) is 3.24. The van der Waals surface area contributed by atoms with Crippen molar-refractivity contribution in [2.75, 3.05) is 0 Å². The van der Waals surface area contributed by atoms with E-state index in [0.717, 1.165) is 33.5 Å². The number of hydrogen-bond acceptors (Lipinski definition) is 3. The van der Waals surface area contributed by atoms with Gasteiger partial charge in [-0.05, 0) is 54.2 Å². The lowest BCUT2D eigenvalue weighted by atomic mass is 9.82. The third kappa shape index (κ3) is 4.01. The van der Waals surface area contributed by atoms with Gasteiger partial charge in [-0.2, -0.15) is 5.26 Å². The lowest BCUT2D eigenvalue weighted by Crippen LogP contribution is -2.30. The van der Waals surface area contributed by atoms with E-state index >= 15 is 0 Å². The van der Waals surface area contributed by atoms with Gasteiger partial charge in [0.05, 0.1) is 29.9 Å². The molecule has 4 nitrogen and oxygen atoms in total. The summed E-state index contributed by atoms with van der Waals surface area (Å²) in [7, 11) is 1.89. The van der Waals surface area contributed by atoms with Crippen LogP contribution in [0, 0.1) is 18.3 Å². The van der Waals surface area contributed by atoms with Gasteiger partial charge in [0, 0.05) is 12.6 Å². The number of hydrogen-bond donors (Lipinski definition) is 1. The SMILES string of the molecule is Cc1ccccc1-c1cc(C(O)(CCc2ccccc2)c2cncn2C)ccc1C#N. The second-order valence-corrected chi connectivity index (χ2v) is 7.92. The van der Waals surface area contributed by atoms with Crippen LogP contribution in [0.3, 0.4) is 0 Å². The van der Waals surface area contributed by atoms with Crippen LogP contribution in [0.5, 0.6) is 0 Å². The van der Waals surface area contributed by atoms with Crippen molar-refractivity contribution in [2.24, 2.45) is 7.05 Å². The van der Waals surface area contributed by atoms with Crippen molar-refractivity contribution in [3.05, 3.63) is 113 Å². The Hall–Kier alpha value is -3.68. The fraction of sp³-hybridized carbons (Fsp3) is 0.185. The van der Waals surface area contributed by atoms with Crippen LogP contribution in [0.25, 0.3) is 11.1 Å². The van der Waals surface area contributed by atoms with Crippen molar-refractivity contribution in [1.82, 2.24) is 9.55 Å². The molecular formula is C27H25N3O. The summed E-state index contributed by atoms with van der Waals surface area (Å²) in [5, 5.41) is 21.8. The Bertz CT molecular complexity index is 1240. The topological polar surface area (TPSA) is 61.8 Å². The van der Waals surface area contributed by atoms with E-state index in [4.69, 9.17) is 0 Å². The van der Waals surface area contributed by atoms with Crippen molar-refractivity contribution in [1.29, 1.82) is 5.26 Å². The van der Waals surface area contributed by atoms with E-state index in [0.29, 0.717) is 18.4 Å². The van der Waals surface area contributed by atoms with Gasteiger partial charge in [-0.3, -0.25) is 0 Å². The molecule has 3 aromatic carbocycles. The van der Waals surface area contributed by atoms with Crippen LogP contribution in [0.1, 0.15) is 34.4 Å². The highest BCUT2D eigenvalue weighted by atomic mass is 16.3. The first kappa shape index (κ1) is 20.6. The van der Waals surface area contributed by atoms with Crippen LogP contribution < -0.4 is 0 Å². The molecule has 154 valence electrons. The molecular weight excluding hydrogens is 382 g/mol. The van der Waals surface area contributed by atoms with Crippen LogP contribution in [-0.4, -0.2) is 14.7 Å². The Morgan fingerprint density at radius 1 is 1.00 bits per heavy atom. The second-order valence-electron chi connectivity index (χ2n) is 7.92. The number of rotatable bonds is 6. The van der Waals surface area contributed by atoms with Gasteiger partial charge in [-0.25, -0.2) is 4.98 Å². The molecule has 1 heterocycles. The van der Waals surface area contributed by atoms with E-state index in [-0.39, 0.29) is 0 Å². The zero-order chi connectivity index (χ0) is 21.8. The second kappa shape index (κ2) is 8.59. The van der Waals surface area contributed by atoms with Gasteiger partial charge in [-0.1, -0.05) is 60.7 Å². The Morgan fingerprint density at radius 2 is 1.74 bits per heavy atom. The van der Waals surface area contributed by atoms with E-state index in [1.165, 1.54) is 0 Å². The fourth-order valence-electron chi connectivity index (χ4n) is 4.14. The number of benzene rings is 3. The molecule has 0 aliphatic carbocycles. The smallest absolute Gasteiger partial charge is 0.131 e. The van der Waals surface area contributed by atoms with E-state index < -0.39 is 5.60 Å². The molecule has 1 aromatic heterocycles. The molecule has 0 saturated carbocycles. The molecule has 1 N–H and O–H groups in total. The zero-order valence-electron chi connectivity index (χ0n) is 17.8. The normalized spacial score (nSPS) is 12.8. The highest BCUT2D eigenvalue weighted by molar-refractivity contribution is 5.74. The summed E-state index contributed by atoms with van der Waals surface area (Å²) in [5.41, 5.74) is 4.91. The summed E-state index contributed by atoms with van der Waals surface area (Å²) in [4.78, 5) is 4.25. The van der Waals surface area contributed by atoms with Crippen LogP contribution in [0.2, 0.25) is 0 Å². The monoisotopic (exact) mass is 407 g/mol. The summed E-state index contributed by atoms with van der Waals surface area (Å²) in [5.74, 6) is 0. The highest BCUT2D eigenvalue weighted by Crippen LogP contribution is 2.37. The summed E-state index contributed by atoms with van der Waals surface area (Å²) in [6, 6.07) is 26.1. The maximum absolute atomic E-state index is 12.0. The minimum atomic E-state index is -1.24. The number of aryl methyl sites for hydroxylation is 3. The Kier molecular flexibility index (Phi) is 5.70. The van der Waals surface area contributed by atoms with E-state index in [2.05, 4.69) is 23.2 Å². The van der Waals surface area contributed by atoms with Crippen molar-refractivity contribution in [3.63, 3.8) is 0 Å². The average molecular weight is 408 g/mol. The molecule has 0 amide bonds. The van der Waals surface area contributed by atoms with Crippen molar-refractivity contribution < 1.29 is 5.11 Å². The van der Waals surface area contributed by atoms with Gasteiger partial charge < -0.3 is 9.67 Å². The summed E-state index contributed by atoms with van der Waals surface area (Å²) in [6.07, 6.45) is 4.63. The predicted octanol–water partition coefficient (Wildman–Crippen LogP) is 5.14. The number of aliphatic hydroxyl groups is 1. The molecule has 1 atom stereocenters. The molecule has 0 saturated heterocycles. The summed E-state index contributed by atoms with van der Waals surface area (Å²) in [6.45, 7) is 2.03. The lowest BCUT2D eigenvalue weighted by molar-refractivity contribution is 0.0638. The van der Waals surface area contributed by atoms with Crippen molar-refractivity contribution in [3.8, 4) is 17.2 Å². The number of nitriles is 1. The van der Waals surface area contributed by atoms with Gasteiger partial charge in [-0.15, -0.1) is 0 Å². The Labute approximate surface area is 183 Å². The molecule has 31 heavy (non-hydrogen) atoms. The third-order valence-corrected chi connectivity index (χ3v) is 5.91. The van der Waals surface area contributed by atoms with Gasteiger partial charge in [0.25, 0.3) is 0 Å². The van der Waals surface area contributed by atoms with Gasteiger partial charge >= 0.3 is 0 Å². The molecule has 4 aromatic rings. The molecule has 0 aliphatic rings. The number of imidazole rings is 1. The molecule has 1 unspecified atom stereocenters. The van der Waals surface area contributed by atoms with Gasteiger partial charge in [0.2, 0.25) is 0 Å². The maximum atomic E-state index is 12.0. The van der Waals surface area contributed by atoms with Crippen molar-refractivity contribution in [2.45, 2.75) is 25.4 Å². The first-order chi connectivity index (χ1) is 15.0. The van der Waals surface area contributed by atoms with Crippen LogP contribution in [-0.2, 0) is 19.1 Å². The molecule has 0 bridgehead atoms. The fourth-order valence-corrected chi connectivity index (χ4v) is 4.14. The first-order valence-electron chi connectivity index (χ1n) is 10.4. The minimum Gasteiger partial charge on any atom is -0.379 e. The first-order valence-corrected chi connectivity index (χ1v) is 10.4. The number of nitrogens with zero attached hydrogens (tertiary/aromatic N) is 3. The van der Waals surface area contributed by atoms with E-state index in [1.807, 2.05) is 73.1 Å². The lowest BCUT2D eigenvalue weighted by Gasteiger charge is -2.30. The Balaban J connectivity index is 1.84. The molecule has 4 rings (SSSR count). The zero-order valence-corrected chi connectivity index (χ0v) is 17.8. The van der Waals surface area contributed by atoms with Crippen LogP contribution in [0.15, 0.2) is 85.3 Å². The van der Waals surface area contributed by atoms with Gasteiger partial charge in [0.15, 0.2) is 0 Å². The molecule has 0 aliphatic heterocycles. The minimum absolute atomic E-state index is 0.496. The third-order valence-electron chi connectivity index (χ3n) is 5.91. The summed E-state index contributed by atoms with van der Waals surface area (Å²) >= 11 is 0. The summed E-state index contributed by atoms with van der Waals surface area (Å²) < 4.78 is 1.86. The molecule has 0 spiro atoms. The Morgan fingerprint density at radius 3 is 2.42 bits per heavy atom. The van der Waals surface area contributed by atoms with Crippen LogP contribution >= 0.6 is 0 Å².